The van der Waals surface area contributed by atoms with Gasteiger partial charge in [-0.05, 0) is 24.6 Å². The van der Waals surface area contributed by atoms with Crippen LogP contribution in [0.5, 0.6) is 0 Å². The number of halogens is 1. The molecular formula is C12H12ClN3. The monoisotopic (exact) mass is 233 g/mol. The van der Waals surface area contributed by atoms with E-state index in [4.69, 9.17) is 11.6 Å². The first-order valence-electron chi connectivity index (χ1n) is 4.99. The first-order valence-corrected chi connectivity index (χ1v) is 5.37. The molecule has 1 aromatic heterocycles. The summed E-state index contributed by atoms with van der Waals surface area (Å²) in [6, 6.07) is 5.79. The van der Waals surface area contributed by atoms with Crippen molar-refractivity contribution in [1.29, 1.82) is 0 Å². The number of benzene rings is 1. The highest BCUT2D eigenvalue weighted by Crippen LogP contribution is 2.20. The van der Waals surface area contributed by atoms with Crippen LogP contribution >= 0.6 is 11.6 Å². The minimum absolute atomic E-state index is 0.696. The van der Waals surface area contributed by atoms with E-state index in [0.29, 0.717) is 6.54 Å². The van der Waals surface area contributed by atoms with Crippen LogP contribution in [0.2, 0.25) is 5.02 Å². The molecule has 0 unspecified atom stereocenters. The van der Waals surface area contributed by atoms with Crippen molar-refractivity contribution in [2.24, 2.45) is 0 Å². The van der Waals surface area contributed by atoms with Gasteiger partial charge in [-0.25, -0.2) is 9.97 Å². The number of aromatic nitrogens is 2. The highest BCUT2D eigenvalue weighted by molar-refractivity contribution is 6.30. The van der Waals surface area contributed by atoms with Gasteiger partial charge in [0.1, 0.15) is 6.33 Å². The number of hydrogen-bond acceptors (Lipinski definition) is 3. The second-order valence-electron chi connectivity index (χ2n) is 3.56. The molecule has 0 bridgehead atoms. The summed E-state index contributed by atoms with van der Waals surface area (Å²) in [5.74, 6) is 0. The van der Waals surface area contributed by atoms with Crippen LogP contribution in [0.25, 0.3) is 0 Å². The van der Waals surface area contributed by atoms with E-state index in [0.717, 1.165) is 16.3 Å². The van der Waals surface area contributed by atoms with Crippen LogP contribution in [0.15, 0.2) is 36.9 Å². The topological polar surface area (TPSA) is 37.8 Å². The van der Waals surface area contributed by atoms with Crippen molar-refractivity contribution in [2.75, 3.05) is 5.32 Å². The number of aryl methyl sites for hydroxylation is 1. The first kappa shape index (κ1) is 10.9. The van der Waals surface area contributed by atoms with Gasteiger partial charge < -0.3 is 5.32 Å². The van der Waals surface area contributed by atoms with Crippen LogP contribution in [-0.4, -0.2) is 9.97 Å². The van der Waals surface area contributed by atoms with Crippen molar-refractivity contribution in [3.63, 3.8) is 0 Å². The highest BCUT2D eigenvalue weighted by Gasteiger charge is 1.99. The van der Waals surface area contributed by atoms with Gasteiger partial charge in [-0.15, -0.1) is 0 Å². The Morgan fingerprint density at radius 2 is 2.00 bits per heavy atom. The lowest BCUT2D eigenvalue weighted by molar-refractivity contribution is 1.05. The van der Waals surface area contributed by atoms with E-state index in [9.17, 15) is 0 Å². The van der Waals surface area contributed by atoms with Gasteiger partial charge >= 0.3 is 0 Å². The minimum atomic E-state index is 0.696. The molecule has 2 aromatic rings. The first-order chi connectivity index (χ1) is 7.75. The molecule has 82 valence electrons. The molecule has 1 N–H and O–H groups in total. The maximum Gasteiger partial charge on any atom is 0.115 e. The molecule has 1 heterocycles. The molecule has 0 spiro atoms. The number of hydrogen-bond donors (Lipinski definition) is 1. The largest absolute Gasteiger partial charge is 0.381 e. The lowest BCUT2D eigenvalue weighted by Crippen LogP contribution is -2.01. The van der Waals surface area contributed by atoms with Gasteiger partial charge in [-0.3, -0.25) is 0 Å². The van der Waals surface area contributed by atoms with E-state index in [2.05, 4.69) is 15.3 Å². The lowest BCUT2D eigenvalue weighted by Gasteiger charge is -2.09. The molecular weight excluding hydrogens is 222 g/mol. The Morgan fingerprint density at radius 3 is 2.75 bits per heavy atom. The SMILES string of the molecule is Cc1ccc(Cl)cc1NCc1cncnc1. The summed E-state index contributed by atoms with van der Waals surface area (Å²) < 4.78 is 0. The summed E-state index contributed by atoms with van der Waals surface area (Å²) in [5, 5.41) is 4.04. The van der Waals surface area contributed by atoms with Crippen LogP contribution in [0.4, 0.5) is 5.69 Å². The van der Waals surface area contributed by atoms with Crippen molar-refractivity contribution in [1.82, 2.24) is 9.97 Å². The molecule has 0 aliphatic carbocycles. The number of rotatable bonds is 3. The number of nitrogens with zero attached hydrogens (tertiary/aromatic N) is 2. The Balaban J connectivity index is 2.08. The van der Waals surface area contributed by atoms with Crippen molar-refractivity contribution >= 4 is 17.3 Å². The van der Waals surface area contributed by atoms with E-state index >= 15 is 0 Å². The maximum atomic E-state index is 5.93. The van der Waals surface area contributed by atoms with Crippen LogP contribution in [0.1, 0.15) is 11.1 Å². The molecule has 16 heavy (non-hydrogen) atoms. The third-order valence-corrected chi connectivity index (χ3v) is 2.53. The van der Waals surface area contributed by atoms with Gasteiger partial charge in [-0.2, -0.15) is 0 Å². The molecule has 0 aliphatic heterocycles. The van der Waals surface area contributed by atoms with E-state index in [1.54, 1.807) is 12.4 Å². The molecule has 0 saturated heterocycles. The zero-order valence-corrected chi connectivity index (χ0v) is 9.70. The Labute approximate surface area is 99.5 Å². The zero-order chi connectivity index (χ0) is 11.4. The summed E-state index contributed by atoms with van der Waals surface area (Å²) in [7, 11) is 0. The summed E-state index contributed by atoms with van der Waals surface area (Å²) in [6.07, 6.45) is 5.11. The normalized spacial score (nSPS) is 10.1. The Bertz CT molecular complexity index is 471. The average molecular weight is 234 g/mol. The molecule has 0 aliphatic rings. The van der Waals surface area contributed by atoms with Crippen LogP contribution in [0.3, 0.4) is 0 Å². The maximum absolute atomic E-state index is 5.93. The van der Waals surface area contributed by atoms with Gasteiger partial charge in [0, 0.05) is 35.2 Å². The second kappa shape index (κ2) is 4.94. The predicted molar refractivity (Wildman–Crippen MR) is 65.5 cm³/mol. The Kier molecular flexibility index (Phi) is 3.37. The van der Waals surface area contributed by atoms with E-state index in [1.165, 1.54) is 11.9 Å². The Morgan fingerprint density at radius 1 is 1.25 bits per heavy atom. The molecule has 3 nitrogen and oxygen atoms in total. The summed E-state index contributed by atoms with van der Waals surface area (Å²) in [6.45, 7) is 2.74. The van der Waals surface area contributed by atoms with Gasteiger partial charge in [0.25, 0.3) is 0 Å². The van der Waals surface area contributed by atoms with E-state index in [1.807, 2.05) is 25.1 Å². The third-order valence-electron chi connectivity index (χ3n) is 2.30. The fraction of sp³-hybridized carbons (Fsp3) is 0.167. The van der Waals surface area contributed by atoms with Crippen LogP contribution < -0.4 is 5.32 Å². The van der Waals surface area contributed by atoms with Crippen molar-refractivity contribution in [3.8, 4) is 0 Å². The Hall–Kier alpha value is -1.61. The molecule has 0 atom stereocenters. The van der Waals surface area contributed by atoms with Crippen LogP contribution in [-0.2, 0) is 6.54 Å². The molecule has 0 radical (unpaired) electrons. The number of nitrogens with one attached hydrogen (secondary N) is 1. The quantitative estimate of drug-likeness (QED) is 0.886. The molecule has 4 heteroatoms. The van der Waals surface area contributed by atoms with Crippen molar-refractivity contribution < 1.29 is 0 Å². The summed E-state index contributed by atoms with van der Waals surface area (Å²) in [4.78, 5) is 7.92. The predicted octanol–water partition coefficient (Wildman–Crippen LogP) is 3.05. The number of anilines is 1. The van der Waals surface area contributed by atoms with Crippen LogP contribution in [0, 0.1) is 6.92 Å². The fourth-order valence-electron chi connectivity index (χ4n) is 1.40. The molecule has 1 aromatic carbocycles. The molecule has 0 saturated carbocycles. The van der Waals surface area contributed by atoms with E-state index in [-0.39, 0.29) is 0 Å². The van der Waals surface area contributed by atoms with Crippen molar-refractivity contribution in [2.45, 2.75) is 13.5 Å². The molecule has 2 rings (SSSR count). The lowest BCUT2D eigenvalue weighted by atomic mass is 10.2. The summed E-state index contributed by atoms with van der Waals surface area (Å²) >= 11 is 5.93. The fourth-order valence-corrected chi connectivity index (χ4v) is 1.58. The standard InChI is InChI=1S/C12H12ClN3/c1-9-2-3-11(13)4-12(9)16-7-10-5-14-8-15-6-10/h2-6,8,16H,7H2,1H3. The minimum Gasteiger partial charge on any atom is -0.381 e. The van der Waals surface area contributed by atoms with Gasteiger partial charge in [0.2, 0.25) is 0 Å². The molecule has 0 fully saturated rings. The smallest absolute Gasteiger partial charge is 0.115 e. The third kappa shape index (κ3) is 2.70. The molecule has 0 amide bonds. The van der Waals surface area contributed by atoms with Crippen molar-refractivity contribution in [3.05, 3.63) is 53.1 Å². The van der Waals surface area contributed by atoms with Gasteiger partial charge in [0.05, 0.1) is 0 Å². The van der Waals surface area contributed by atoms with Gasteiger partial charge in [0.15, 0.2) is 0 Å². The average Bonchev–Trinajstić information content (AvgIpc) is 2.32. The summed E-state index contributed by atoms with van der Waals surface area (Å²) in [5.41, 5.74) is 3.25. The van der Waals surface area contributed by atoms with Gasteiger partial charge in [-0.1, -0.05) is 17.7 Å². The zero-order valence-electron chi connectivity index (χ0n) is 8.94. The van der Waals surface area contributed by atoms with E-state index < -0.39 is 0 Å². The highest BCUT2D eigenvalue weighted by atomic mass is 35.5. The second-order valence-corrected chi connectivity index (χ2v) is 4.00.